The van der Waals surface area contributed by atoms with E-state index in [0.29, 0.717) is 13.1 Å². The number of fused-ring (bicyclic) bond motifs is 2. The first-order valence-corrected chi connectivity index (χ1v) is 7.71. The van der Waals surface area contributed by atoms with Crippen LogP contribution in [0.15, 0.2) is 6.20 Å². The quantitative estimate of drug-likeness (QED) is 0.863. The molecule has 22 heavy (non-hydrogen) atoms. The molecule has 3 saturated heterocycles. The van der Waals surface area contributed by atoms with Crippen LogP contribution in [0.3, 0.4) is 0 Å². The molecule has 4 rings (SSSR count). The zero-order valence-corrected chi connectivity index (χ0v) is 12.1. The van der Waals surface area contributed by atoms with E-state index >= 15 is 0 Å². The minimum atomic E-state index is -1.09. The fourth-order valence-electron chi connectivity index (χ4n) is 3.84. The van der Waals surface area contributed by atoms with Gasteiger partial charge in [-0.15, -0.1) is 5.10 Å². The maximum absolute atomic E-state index is 12.6. The number of ether oxygens (including phenoxy) is 1. The zero-order chi connectivity index (χ0) is 15.3. The van der Waals surface area contributed by atoms with Crippen molar-refractivity contribution in [2.45, 2.75) is 43.9 Å². The average Bonchev–Trinajstić information content (AvgIpc) is 3.27. The van der Waals surface area contributed by atoms with Crippen LogP contribution in [0.4, 0.5) is 0 Å². The van der Waals surface area contributed by atoms with Crippen LogP contribution in [0.25, 0.3) is 0 Å². The largest absolute Gasteiger partial charge is 0.476 e. The van der Waals surface area contributed by atoms with Crippen LogP contribution in [-0.4, -0.2) is 62.2 Å². The number of hydrogen-bond acceptors (Lipinski definition) is 5. The SMILES string of the molecule is O=C(O)c1cn(C2CCN(C(=O)C3CC4CCC3O4)C2)nn1. The van der Waals surface area contributed by atoms with Gasteiger partial charge in [0, 0.05) is 13.1 Å². The maximum atomic E-state index is 12.6. The molecule has 0 aliphatic carbocycles. The highest BCUT2D eigenvalue weighted by Crippen LogP contribution is 2.40. The number of carboxylic acid groups (broad SMARTS) is 1. The van der Waals surface area contributed by atoms with Crippen molar-refractivity contribution in [3.8, 4) is 0 Å². The summed E-state index contributed by atoms with van der Waals surface area (Å²) < 4.78 is 7.33. The fourth-order valence-corrected chi connectivity index (χ4v) is 3.84. The number of carboxylic acids is 1. The molecule has 2 bridgehead atoms. The Labute approximate surface area is 127 Å². The molecule has 118 valence electrons. The molecule has 4 heterocycles. The molecule has 8 heteroatoms. The van der Waals surface area contributed by atoms with Gasteiger partial charge in [0.15, 0.2) is 5.69 Å². The van der Waals surface area contributed by atoms with Gasteiger partial charge in [-0.3, -0.25) is 4.79 Å². The smallest absolute Gasteiger partial charge is 0.358 e. The van der Waals surface area contributed by atoms with Gasteiger partial charge in [0.25, 0.3) is 0 Å². The van der Waals surface area contributed by atoms with E-state index in [1.165, 1.54) is 6.20 Å². The lowest BCUT2D eigenvalue weighted by atomic mass is 9.88. The summed E-state index contributed by atoms with van der Waals surface area (Å²) in [4.78, 5) is 25.4. The number of carbonyl (C=O) groups is 2. The second-order valence-corrected chi connectivity index (χ2v) is 6.33. The number of likely N-dealkylation sites (tertiary alicyclic amines) is 1. The summed E-state index contributed by atoms with van der Waals surface area (Å²) in [7, 11) is 0. The van der Waals surface area contributed by atoms with Crippen LogP contribution < -0.4 is 0 Å². The number of hydrogen-bond donors (Lipinski definition) is 1. The van der Waals surface area contributed by atoms with Crippen molar-refractivity contribution < 1.29 is 19.4 Å². The molecule has 0 aromatic carbocycles. The Hall–Kier alpha value is -1.96. The standard InChI is InChI=1S/C14H18N4O4/c19-13(10-5-9-1-2-12(10)22-9)17-4-3-8(6-17)18-7-11(14(20)21)15-16-18/h7-10,12H,1-6H2,(H,20,21). The summed E-state index contributed by atoms with van der Waals surface area (Å²) >= 11 is 0. The number of amides is 1. The highest BCUT2D eigenvalue weighted by molar-refractivity contribution is 5.84. The first-order chi connectivity index (χ1) is 10.6. The molecule has 3 aliphatic heterocycles. The van der Waals surface area contributed by atoms with E-state index in [4.69, 9.17) is 9.84 Å². The molecular weight excluding hydrogens is 288 g/mol. The second kappa shape index (κ2) is 5.05. The molecule has 4 unspecified atom stereocenters. The summed E-state index contributed by atoms with van der Waals surface area (Å²) in [6.07, 6.45) is 5.48. The predicted octanol–water partition coefficient (Wildman–Crippen LogP) is 0.317. The van der Waals surface area contributed by atoms with Gasteiger partial charge in [-0.2, -0.15) is 0 Å². The summed E-state index contributed by atoms with van der Waals surface area (Å²) in [6.45, 7) is 1.24. The van der Waals surface area contributed by atoms with E-state index in [-0.39, 0.29) is 35.8 Å². The number of aromatic carboxylic acids is 1. The third-order valence-corrected chi connectivity index (χ3v) is 5.00. The first kappa shape index (κ1) is 13.7. The Kier molecular flexibility index (Phi) is 3.14. The van der Waals surface area contributed by atoms with E-state index in [0.717, 1.165) is 25.7 Å². The summed E-state index contributed by atoms with van der Waals surface area (Å²) in [5.74, 6) is -0.910. The molecule has 1 aromatic rings. The van der Waals surface area contributed by atoms with Gasteiger partial charge >= 0.3 is 5.97 Å². The van der Waals surface area contributed by atoms with Gasteiger partial charge in [0.05, 0.1) is 30.4 Å². The minimum Gasteiger partial charge on any atom is -0.476 e. The topological polar surface area (TPSA) is 97.5 Å². The van der Waals surface area contributed by atoms with Gasteiger partial charge < -0.3 is 14.7 Å². The van der Waals surface area contributed by atoms with Crippen molar-refractivity contribution in [2.24, 2.45) is 5.92 Å². The number of rotatable bonds is 3. The number of nitrogens with zero attached hydrogens (tertiary/aromatic N) is 4. The third kappa shape index (κ3) is 2.18. The molecule has 1 aromatic heterocycles. The maximum Gasteiger partial charge on any atom is 0.358 e. The minimum absolute atomic E-state index is 0.00262. The lowest BCUT2D eigenvalue weighted by Gasteiger charge is -2.24. The Morgan fingerprint density at radius 1 is 1.32 bits per heavy atom. The molecule has 3 fully saturated rings. The second-order valence-electron chi connectivity index (χ2n) is 6.33. The van der Waals surface area contributed by atoms with E-state index < -0.39 is 5.97 Å². The van der Waals surface area contributed by atoms with Crippen molar-refractivity contribution in [3.05, 3.63) is 11.9 Å². The van der Waals surface area contributed by atoms with Gasteiger partial charge in [-0.25, -0.2) is 9.48 Å². The summed E-state index contributed by atoms with van der Waals surface area (Å²) in [6, 6.07) is 0.00376. The van der Waals surface area contributed by atoms with Gasteiger partial charge in [-0.1, -0.05) is 5.21 Å². The highest BCUT2D eigenvalue weighted by atomic mass is 16.5. The Morgan fingerprint density at radius 3 is 2.82 bits per heavy atom. The van der Waals surface area contributed by atoms with Crippen molar-refractivity contribution >= 4 is 11.9 Å². The molecule has 3 aliphatic rings. The van der Waals surface area contributed by atoms with Gasteiger partial charge in [0.2, 0.25) is 5.91 Å². The molecule has 1 N–H and O–H groups in total. The lowest BCUT2D eigenvalue weighted by molar-refractivity contribution is -0.136. The van der Waals surface area contributed by atoms with Gasteiger partial charge in [0.1, 0.15) is 0 Å². The average molecular weight is 306 g/mol. The third-order valence-electron chi connectivity index (χ3n) is 5.00. The monoisotopic (exact) mass is 306 g/mol. The predicted molar refractivity (Wildman–Crippen MR) is 73.2 cm³/mol. The van der Waals surface area contributed by atoms with E-state index in [9.17, 15) is 9.59 Å². The van der Waals surface area contributed by atoms with Crippen LogP contribution in [0.2, 0.25) is 0 Å². The van der Waals surface area contributed by atoms with Crippen molar-refractivity contribution in [1.82, 2.24) is 19.9 Å². The summed E-state index contributed by atoms with van der Waals surface area (Å²) in [5.41, 5.74) is -0.0636. The van der Waals surface area contributed by atoms with E-state index in [2.05, 4.69) is 10.3 Å². The van der Waals surface area contributed by atoms with Crippen molar-refractivity contribution in [2.75, 3.05) is 13.1 Å². The van der Waals surface area contributed by atoms with Crippen LogP contribution in [0, 0.1) is 5.92 Å². The molecule has 8 nitrogen and oxygen atoms in total. The zero-order valence-electron chi connectivity index (χ0n) is 12.1. The first-order valence-electron chi connectivity index (χ1n) is 7.71. The van der Waals surface area contributed by atoms with Crippen LogP contribution in [0.1, 0.15) is 42.2 Å². The molecule has 4 atom stereocenters. The van der Waals surface area contributed by atoms with Crippen molar-refractivity contribution in [3.63, 3.8) is 0 Å². The molecular formula is C14H18N4O4. The Balaban J connectivity index is 1.41. The Bertz CT molecular complexity index is 616. The highest BCUT2D eigenvalue weighted by Gasteiger charge is 2.46. The lowest BCUT2D eigenvalue weighted by Crippen LogP contribution is -2.38. The number of carbonyl (C=O) groups excluding carboxylic acids is 1. The van der Waals surface area contributed by atoms with E-state index in [1.54, 1.807) is 4.68 Å². The van der Waals surface area contributed by atoms with Crippen LogP contribution in [-0.2, 0) is 9.53 Å². The van der Waals surface area contributed by atoms with Crippen molar-refractivity contribution in [1.29, 1.82) is 0 Å². The normalized spacial score (nSPS) is 33.5. The molecule has 0 radical (unpaired) electrons. The van der Waals surface area contributed by atoms with E-state index in [1.807, 2.05) is 4.90 Å². The fraction of sp³-hybridized carbons (Fsp3) is 0.714. The molecule has 0 spiro atoms. The molecule has 1 amide bonds. The Morgan fingerprint density at radius 2 is 2.18 bits per heavy atom. The van der Waals surface area contributed by atoms with Gasteiger partial charge in [-0.05, 0) is 25.7 Å². The summed E-state index contributed by atoms with van der Waals surface area (Å²) in [5, 5.41) is 16.4. The number of aromatic nitrogens is 3. The molecule has 0 saturated carbocycles. The van der Waals surface area contributed by atoms with Crippen LogP contribution >= 0.6 is 0 Å². The van der Waals surface area contributed by atoms with Crippen LogP contribution in [0.5, 0.6) is 0 Å².